The van der Waals surface area contributed by atoms with Crippen LogP contribution in [0.3, 0.4) is 0 Å². The highest BCUT2D eigenvalue weighted by molar-refractivity contribution is 7.22. The van der Waals surface area contributed by atoms with E-state index in [1.807, 2.05) is 49.4 Å². The lowest BCUT2D eigenvalue weighted by molar-refractivity contribution is 0.0376. The number of rotatable bonds is 8. The molecule has 0 spiro atoms. The van der Waals surface area contributed by atoms with Gasteiger partial charge in [0.25, 0.3) is 5.91 Å². The largest absolute Gasteiger partial charge is 0.490 e. The number of thiazole rings is 1. The number of fused-ring (bicyclic) bond motifs is 2. The van der Waals surface area contributed by atoms with Gasteiger partial charge in [-0.3, -0.25) is 14.6 Å². The third-order valence-corrected chi connectivity index (χ3v) is 6.80. The Hall–Kier alpha value is -2.94. The molecule has 4 aromatic rings. The first-order valence-electron chi connectivity index (χ1n) is 11.4. The highest BCUT2D eigenvalue weighted by atomic mass is 32.1. The van der Waals surface area contributed by atoms with Gasteiger partial charge in [0.1, 0.15) is 0 Å². The van der Waals surface area contributed by atoms with Crippen LogP contribution < -0.4 is 9.64 Å². The lowest BCUT2D eigenvalue weighted by Crippen LogP contribution is -2.39. The lowest BCUT2D eigenvalue weighted by Gasteiger charge is -2.27. The first kappa shape index (κ1) is 21.9. The van der Waals surface area contributed by atoms with Gasteiger partial charge < -0.3 is 13.9 Å². The van der Waals surface area contributed by atoms with Crippen molar-refractivity contribution >= 4 is 43.6 Å². The summed E-state index contributed by atoms with van der Waals surface area (Å²) in [5, 5.41) is 1.54. The van der Waals surface area contributed by atoms with Crippen molar-refractivity contribution in [2.45, 2.75) is 13.3 Å². The number of carbonyl (C=O) groups excluding carboxylic acids is 1. The fourth-order valence-corrected chi connectivity index (χ4v) is 5.07. The Morgan fingerprint density at radius 2 is 2.03 bits per heavy atom. The molecule has 1 fully saturated rings. The molecule has 8 heteroatoms. The zero-order valence-electron chi connectivity index (χ0n) is 18.7. The summed E-state index contributed by atoms with van der Waals surface area (Å²) in [5.74, 6) is 0.755. The van der Waals surface area contributed by atoms with Crippen LogP contribution in [0, 0.1) is 0 Å². The second kappa shape index (κ2) is 9.91. The molecule has 2 aromatic heterocycles. The van der Waals surface area contributed by atoms with E-state index in [1.165, 1.54) is 11.3 Å². The fraction of sp³-hybridized carbons (Fsp3) is 0.360. The maximum atomic E-state index is 13.7. The first-order chi connectivity index (χ1) is 16.2. The lowest BCUT2D eigenvalue weighted by atomic mass is 10.2. The number of para-hydroxylation sites is 2. The molecule has 0 aliphatic carbocycles. The van der Waals surface area contributed by atoms with Crippen LogP contribution in [0.1, 0.15) is 23.9 Å². The number of aromatic nitrogens is 1. The summed E-state index contributed by atoms with van der Waals surface area (Å²) in [6.45, 7) is 7.32. The van der Waals surface area contributed by atoms with Crippen LogP contribution in [0.25, 0.3) is 21.2 Å². The summed E-state index contributed by atoms with van der Waals surface area (Å²) >= 11 is 1.53. The summed E-state index contributed by atoms with van der Waals surface area (Å²) in [7, 11) is 0. The third-order valence-electron chi connectivity index (χ3n) is 5.74. The van der Waals surface area contributed by atoms with Crippen LogP contribution in [0.2, 0.25) is 0 Å². The topological polar surface area (TPSA) is 68.0 Å². The van der Waals surface area contributed by atoms with Crippen LogP contribution in [-0.2, 0) is 4.74 Å². The van der Waals surface area contributed by atoms with Crippen LogP contribution >= 0.6 is 11.3 Å². The zero-order chi connectivity index (χ0) is 22.6. The molecule has 0 radical (unpaired) electrons. The quantitative estimate of drug-likeness (QED) is 0.372. The van der Waals surface area contributed by atoms with E-state index < -0.39 is 0 Å². The Morgan fingerprint density at radius 1 is 1.18 bits per heavy atom. The molecule has 0 saturated carbocycles. The number of amides is 1. The highest BCUT2D eigenvalue weighted by Crippen LogP contribution is 2.33. The molecule has 0 unspecified atom stereocenters. The van der Waals surface area contributed by atoms with Crippen molar-refractivity contribution in [1.29, 1.82) is 0 Å². The molecule has 3 heterocycles. The standard InChI is InChI=1S/C25H27N3O4S/c1-2-31-20-9-5-7-18-17-21(32-23(18)20)24(29)28(12-6-11-27-13-15-30-16-14-27)25-26-19-8-3-4-10-22(19)33-25/h3-5,7-10,17H,2,6,11-16H2,1H3. The van der Waals surface area contributed by atoms with Crippen molar-refractivity contribution in [2.24, 2.45) is 0 Å². The maximum absolute atomic E-state index is 13.7. The number of nitrogens with zero attached hydrogens (tertiary/aromatic N) is 3. The summed E-state index contributed by atoms with van der Waals surface area (Å²) in [6.07, 6.45) is 0.839. The molecule has 1 aliphatic rings. The molecule has 0 N–H and O–H groups in total. The molecule has 0 bridgehead atoms. The number of benzene rings is 2. The van der Waals surface area contributed by atoms with Gasteiger partial charge in [0.2, 0.25) is 0 Å². The predicted molar refractivity (Wildman–Crippen MR) is 131 cm³/mol. The van der Waals surface area contributed by atoms with Gasteiger partial charge in [0.05, 0.1) is 30.0 Å². The van der Waals surface area contributed by atoms with Gasteiger partial charge in [-0.2, -0.15) is 0 Å². The van der Waals surface area contributed by atoms with E-state index in [1.54, 1.807) is 11.0 Å². The van der Waals surface area contributed by atoms with E-state index in [0.29, 0.717) is 35.4 Å². The van der Waals surface area contributed by atoms with Gasteiger partial charge in [0.15, 0.2) is 22.2 Å². The molecule has 0 atom stereocenters. The van der Waals surface area contributed by atoms with Crippen molar-refractivity contribution in [3.8, 4) is 5.75 Å². The number of ether oxygens (including phenoxy) is 2. The molecule has 5 rings (SSSR count). The molecule has 1 amide bonds. The number of morpholine rings is 1. The minimum Gasteiger partial charge on any atom is -0.490 e. The van der Waals surface area contributed by atoms with Gasteiger partial charge in [-0.15, -0.1) is 0 Å². The van der Waals surface area contributed by atoms with Crippen LogP contribution in [0.4, 0.5) is 5.13 Å². The Labute approximate surface area is 196 Å². The number of hydrogen-bond acceptors (Lipinski definition) is 7. The van der Waals surface area contributed by atoms with E-state index in [9.17, 15) is 4.79 Å². The van der Waals surface area contributed by atoms with E-state index in [-0.39, 0.29) is 5.91 Å². The second-order valence-corrected chi connectivity index (χ2v) is 8.96. The molecular weight excluding hydrogens is 438 g/mol. The Balaban J connectivity index is 1.43. The average Bonchev–Trinajstić information content (AvgIpc) is 3.47. The summed E-state index contributed by atoms with van der Waals surface area (Å²) < 4.78 is 18.2. The third kappa shape index (κ3) is 4.73. The average molecular weight is 466 g/mol. The molecule has 7 nitrogen and oxygen atoms in total. The second-order valence-electron chi connectivity index (χ2n) is 7.95. The van der Waals surface area contributed by atoms with Crippen molar-refractivity contribution in [1.82, 2.24) is 9.88 Å². The minimum absolute atomic E-state index is 0.185. The van der Waals surface area contributed by atoms with Crippen LogP contribution in [0.15, 0.2) is 52.9 Å². The highest BCUT2D eigenvalue weighted by Gasteiger charge is 2.25. The smallest absolute Gasteiger partial charge is 0.295 e. The van der Waals surface area contributed by atoms with Crippen molar-refractivity contribution in [3.05, 3.63) is 54.3 Å². The first-order valence-corrected chi connectivity index (χ1v) is 12.2. The van der Waals surface area contributed by atoms with E-state index >= 15 is 0 Å². The number of furan rings is 1. The molecule has 33 heavy (non-hydrogen) atoms. The normalized spacial score (nSPS) is 14.7. The Kier molecular flexibility index (Phi) is 6.57. The van der Waals surface area contributed by atoms with Crippen LogP contribution in [-0.4, -0.2) is 61.8 Å². The Bertz CT molecular complexity index is 1210. The van der Waals surface area contributed by atoms with Crippen molar-refractivity contribution in [3.63, 3.8) is 0 Å². The van der Waals surface area contributed by atoms with Crippen molar-refractivity contribution in [2.75, 3.05) is 50.9 Å². The van der Waals surface area contributed by atoms with E-state index in [0.717, 1.165) is 54.9 Å². The molecule has 1 saturated heterocycles. The van der Waals surface area contributed by atoms with E-state index in [4.69, 9.17) is 18.9 Å². The summed E-state index contributed by atoms with van der Waals surface area (Å²) in [4.78, 5) is 22.5. The minimum atomic E-state index is -0.185. The van der Waals surface area contributed by atoms with Gasteiger partial charge in [0, 0.05) is 31.6 Å². The monoisotopic (exact) mass is 465 g/mol. The van der Waals surface area contributed by atoms with Gasteiger partial charge in [-0.05, 0) is 37.6 Å². The Morgan fingerprint density at radius 3 is 2.85 bits per heavy atom. The predicted octanol–water partition coefficient (Wildman–Crippen LogP) is 4.81. The van der Waals surface area contributed by atoms with Gasteiger partial charge in [-0.1, -0.05) is 35.6 Å². The SMILES string of the molecule is CCOc1cccc2cc(C(=O)N(CCCN3CCOCC3)c3nc4ccccc4s3)oc12. The molecule has 172 valence electrons. The van der Waals surface area contributed by atoms with Gasteiger partial charge in [-0.25, -0.2) is 4.98 Å². The van der Waals surface area contributed by atoms with Gasteiger partial charge >= 0.3 is 0 Å². The molecule has 2 aromatic carbocycles. The van der Waals surface area contributed by atoms with Crippen molar-refractivity contribution < 1.29 is 18.7 Å². The summed E-state index contributed by atoms with van der Waals surface area (Å²) in [5.41, 5.74) is 1.49. The molecule has 1 aliphatic heterocycles. The molecular formula is C25H27N3O4S. The van der Waals surface area contributed by atoms with Crippen LogP contribution in [0.5, 0.6) is 5.75 Å². The zero-order valence-corrected chi connectivity index (χ0v) is 19.5. The van der Waals surface area contributed by atoms with E-state index in [2.05, 4.69) is 4.90 Å². The maximum Gasteiger partial charge on any atom is 0.295 e. The number of hydrogen-bond donors (Lipinski definition) is 0. The number of carbonyl (C=O) groups is 1. The number of anilines is 1. The summed E-state index contributed by atoms with van der Waals surface area (Å²) in [6, 6.07) is 15.4. The fourth-order valence-electron chi connectivity index (χ4n) is 4.08.